The Bertz CT molecular complexity index is 386. The van der Waals surface area contributed by atoms with Crippen LogP contribution in [0.5, 0.6) is 11.5 Å². The maximum atomic E-state index is 9.81. The molecule has 2 bridgehead atoms. The molecule has 0 radical (unpaired) electrons. The van der Waals surface area contributed by atoms with Gasteiger partial charge in [-0.1, -0.05) is 6.42 Å². The van der Waals surface area contributed by atoms with Gasteiger partial charge in [-0.2, -0.15) is 0 Å². The van der Waals surface area contributed by atoms with Crippen molar-refractivity contribution in [3.63, 3.8) is 0 Å². The van der Waals surface area contributed by atoms with E-state index in [-0.39, 0.29) is 5.75 Å². The average molecular weight is 204 g/mol. The van der Waals surface area contributed by atoms with Crippen molar-refractivity contribution in [2.24, 2.45) is 11.8 Å². The van der Waals surface area contributed by atoms with Gasteiger partial charge in [0.2, 0.25) is 0 Å². The first-order valence-electron chi connectivity index (χ1n) is 5.76. The van der Waals surface area contributed by atoms with Gasteiger partial charge < -0.3 is 10.2 Å². The monoisotopic (exact) mass is 204 g/mol. The van der Waals surface area contributed by atoms with E-state index in [1.165, 1.54) is 25.7 Å². The summed E-state index contributed by atoms with van der Waals surface area (Å²) >= 11 is 0. The molecule has 2 N–H and O–H groups in total. The highest BCUT2D eigenvalue weighted by molar-refractivity contribution is 5.42. The van der Waals surface area contributed by atoms with Gasteiger partial charge in [0, 0.05) is 5.56 Å². The quantitative estimate of drug-likeness (QED) is 0.690. The number of aromatic hydroxyl groups is 2. The van der Waals surface area contributed by atoms with Crippen LogP contribution in [0.4, 0.5) is 0 Å². The van der Waals surface area contributed by atoms with Crippen LogP contribution in [-0.2, 0) is 0 Å². The van der Waals surface area contributed by atoms with Crippen molar-refractivity contribution in [1.82, 2.24) is 0 Å². The lowest BCUT2D eigenvalue weighted by atomic mass is 9.83. The van der Waals surface area contributed by atoms with Crippen molar-refractivity contribution in [2.45, 2.75) is 31.6 Å². The Balaban J connectivity index is 1.96. The fourth-order valence-electron chi connectivity index (χ4n) is 3.46. The summed E-state index contributed by atoms with van der Waals surface area (Å²) in [7, 11) is 0. The molecule has 0 unspecified atom stereocenters. The third-order valence-corrected chi connectivity index (χ3v) is 4.15. The van der Waals surface area contributed by atoms with E-state index in [9.17, 15) is 10.2 Å². The molecule has 0 spiro atoms. The third kappa shape index (κ3) is 1.39. The van der Waals surface area contributed by atoms with E-state index in [2.05, 4.69) is 0 Å². The fraction of sp³-hybridized carbons (Fsp3) is 0.538. The maximum absolute atomic E-state index is 9.81. The van der Waals surface area contributed by atoms with Crippen LogP contribution in [0.25, 0.3) is 0 Å². The summed E-state index contributed by atoms with van der Waals surface area (Å²) in [4.78, 5) is 0. The van der Waals surface area contributed by atoms with E-state index < -0.39 is 0 Å². The van der Waals surface area contributed by atoms with Crippen molar-refractivity contribution in [3.05, 3.63) is 23.8 Å². The van der Waals surface area contributed by atoms with Crippen molar-refractivity contribution in [1.29, 1.82) is 0 Å². The number of hydrogen-bond donors (Lipinski definition) is 2. The molecular formula is C13H16O2. The Morgan fingerprint density at radius 3 is 2.60 bits per heavy atom. The molecule has 0 aromatic heterocycles. The molecule has 2 aliphatic carbocycles. The normalized spacial score (nSPS) is 33.5. The lowest BCUT2D eigenvalue weighted by Crippen LogP contribution is -2.08. The summed E-state index contributed by atoms with van der Waals surface area (Å²) in [5, 5.41) is 19.3. The highest BCUT2D eigenvalue weighted by atomic mass is 16.3. The fourth-order valence-corrected chi connectivity index (χ4v) is 3.46. The zero-order valence-corrected chi connectivity index (χ0v) is 8.69. The topological polar surface area (TPSA) is 40.5 Å². The summed E-state index contributed by atoms with van der Waals surface area (Å²) in [5.41, 5.74) is 0.960. The van der Waals surface area contributed by atoms with Crippen molar-refractivity contribution < 1.29 is 10.2 Å². The summed E-state index contributed by atoms with van der Waals surface area (Å²) in [6.45, 7) is 0. The zero-order valence-electron chi connectivity index (χ0n) is 8.69. The Kier molecular flexibility index (Phi) is 1.91. The Labute approximate surface area is 89.6 Å². The van der Waals surface area contributed by atoms with Gasteiger partial charge in [0.05, 0.1) is 0 Å². The minimum absolute atomic E-state index is 0.269. The van der Waals surface area contributed by atoms with Gasteiger partial charge in [-0.25, -0.2) is 0 Å². The summed E-state index contributed by atoms with van der Waals surface area (Å²) in [6, 6.07) is 4.89. The predicted octanol–water partition coefficient (Wildman–Crippen LogP) is 3.00. The molecule has 3 atom stereocenters. The minimum atomic E-state index is 0.269. The maximum Gasteiger partial charge on any atom is 0.119 e. The van der Waals surface area contributed by atoms with Crippen molar-refractivity contribution in [3.8, 4) is 11.5 Å². The lowest BCUT2D eigenvalue weighted by Gasteiger charge is -2.22. The molecule has 2 aliphatic rings. The van der Waals surface area contributed by atoms with Crippen LogP contribution in [0, 0.1) is 11.8 Å². The molecule has 1 aromatic carbocycles. The van der Waals surface area contributed by atoms with Crippen LogP contribution >= 0.6 is 0 Å². The smallest absolute Gasteiger partial charge is 0.119 e. The summed E-state index contributed by atoms with van der Waals surface area (Å²) in [5.74, 6) is 2.70. The van der Waals surface area contributed by atoms with E-state index in [0.29, 0.717) is 11.7 Å². The third-order valence-electron chi connectivity index (χ3n) is 4.15. The van der Waals surface area contributed by atoms with Crippen LogP contribution in [0.1, 0.15) is 37.2 Å². The number of rotatable bonds is 1. The summed E-state index contributed by atoms with van der Waals surface area (Å²) < 4.78 is 0. The molecule has 15 heavy (non-hydrogen) atoms. The predicted molar refractivity (Wildman–Crippen MR) is 58.0 cm³/mol. The first-order valence-corrected chi connectivity index (χ1v) is 5.76. The number of hydrogen-bond acceptors (Lipinski definition) is 2. The molecule has 0 heterocycles. The molecular weight excluding hydrogens is 188 g/mol. The standard InChI is InChI=1S/C13H16O2/c14-10-3-4-13(15)12(7-10)11-6-8-1-2-9(11)5-8/h3-4,7-9,11,14-15H,1-2,5-6H2/t8-,9-,11-/m1/s1. The van der Waals surface area contributed by atoms with Crippen LogP contribution in [0.2, 0.25) is 0 Å². The van der Waals surface area contributed by atoms with Gasteiger partial charge >= 0.3 is 0 Å². The van der Waals surface area contributed by atoms with E-state index in [0.717, 1.165) is 17.4 Å². The van der Waals surface area contributed by atoms with Crippen molar-refractivity contribution >= 4 is 0 Å². The molecule has 3 rings (SSSR count). The van der Waals surface area contributed by atoms with Crippen LogP contribution in [0.3, 0.4) is 0 Å². The molecule has 2 heteroatoms. The molecule has 80 valence electrons. The van der Waals surface area contributed by atoms with Gasteiger partial charge in [0.1, 0.15) is 11.5 Å². The summed E-state index contributed by atoms with van der Waals surface area (Å²) in [6.07, 6.45) is 5.17. The highest BCUT2D eigenvalue weighted by Gasteiger charge is 2.41. The number of benzene rings is 1. The molecule has 1 aromatic rings. The van der Waals surface area contributed by atoms with Gasteiger partial charge in [-0.05, 0) is 55.2 Å². The first-order chi connectivity index (χ1) is 7.24. The molecule has 2 nitrogen and oxygen atoms in total. The minimum Gasteiger partial charge on any atom is -0.508 e. The van der Waals surface area contributed by atoms with Crippen LogP contribution < -0.4 is 0 Å². The zero-order chi connectivity index (χ0) is 10.4. The molecule has 2 fully saturated rings. The number of phenols is 2. The van der Waals surface area contributed by atoms with Gasteiger partial charge in [-0.3, -0.25) is 0 Å². The van der Waals surface area contributed by atoms with Gasteiger partial charge in [0.15, 0.2) is 0 Å². The van der Waals surface area contributed by atoms with E-state index in [4.69, 9.17) is 0 Å². The largest absolute Gasteiger partial charge is 0.508 e. The van der Waals surface area contributed by atoms with E-state index in [1.54, 1.807) is 18.2 Å². The van der Waals surface area contributed by atoms with Crippen LogP contribution in [-0.4, -0.2) is 10.2 Å². The van der Waals surface area contributed by atoms with Crippen molar-refractivity contribution in [2.75, 3.05) is 0 Å². The van der Waals surface area contributed by atoms with Gasteiger partial charge in [0.25, 0.3) is 0 Å². The molecule has 0 amide bonds. The second-order valence-corrected chi connectivity index (χ2v) is 5.02. The Hall–Kier alpha value is -1.18. The van der Waals surface area contributed by atoms with Gasteiger partial charge in [-0.15, -0.1) is 0 Å². The molecule has 0 saturated heterocycles. The van der Waals surface area contributed by atoms with Crippen LogP contribution in [0.15, 0.2) is 18.2 Å². The molecule has 0 aliphatic heterocycles. The SMILES string of the molecule is Oc1ccc(O)c([C@@H]2C[C@@H]3CC[C@@H]2C3)c1. The van der Waals surface area contributed by atoms with E-state index in [1.807, 2.05) is 0 Å². The second-order valence-electron chi connectivity index (χ2n) is 5.02. The van der Waals surface area contributed by atoms with E-state index >= 15 is 0 Å². The Morgan fingerprint density at radius 1 is 1.07 bits per heavy atom. The average Bonchev–Trinajstić information content (AvgIpc) is 2.83. The lowest BCUT2D eigenvalue weighted by molar-refractivity contribution is 0.393. The molecule has 2 saturated carbocycles. The Morgan fingerprint density at radius 2 is 1.93 bits per heavy atom. The first kappa shape index (κ1) is 9.08. The second kappa shape index (κ2) is 3.16. The highest BCUT2D eigenvalue weighted by Crippen LogP contribution is 2.54. The number of phenolic OH excluding ortho intramolecular Hbond substituents is 2. The number of fused-ring (bicyclic) bond motifs is 2.